The molecule has 44 heavy (non-hydrogen) atoms. The van der Waals surface area contributed by atoms with E-state index < -0.39 is 113 Å². The van der Waals surface area contributed by atoms with E-state index in [1.807, 2.05) is 0 Å². The Morgan fingerprint density at radius 2 is 1.34 bits per heavy atom. The van der Waals surface area contributed by atoms with Crippen LogP contribution >= 0.6 is 0 Å². The molecule has 4 rings (SSSR count). The maximum absolute atomic E-state index is 14.2. The van der Waals surface area contributed by atoms with Gasteiger partial charge in [-0.25, -0.2) is 13.1 Å². The van der Waals surface area contributed by atoms with Gasteiger partial charge in [-0.15, -0.1) is 0 Å². The van der Waals surface area contributed by atoms with E-state index in [0.717, 1.165) is 27.7 Å². The van der Waals surface area contributed by atoms with Gasteiger partial charge in [-0.05, 0) is 27.7 Å². The van der Waals surface area contributed by atoms with Crippen molar-refractivity contribution in [3.8, 4) is 0 Å². The molecule has 0 aromatic rings. The first kappa shape index (κ1) is 34.4. The lowest BCUT2D eigenvalue weighted by molar-refractivity contribution is -0.239. The van der Waals surface area contributed by atoms with Crippen LogP contribution in [0.3, 0.4) is 0 Å². The number of carbonyl (C=O) groups is 4. The Morgan fingerprint density at radius 1 is 0.750 bits per heavy atom. The normalized spacial score (nSPS) is 37.5. The van der Waals surface area contributed by atoms with Gasteiger partial charge in [-0.1, -0.05) is 0 Å². The van der Waals surface area contributed by atoms with Crippen molar-refractivity contribution in [1.82, 2.24) is 4.72 Å². The first-order valence-electron chi connectivity index (χ1n) is 13.9. The van der Waals surface area contributed by atoms with Crippen molar-refractivity contribution in [3.05, 3.63) is 0 Å². The number of esters is 4. The van der Waals surface area contributed by atoms with Gasteiger partial charge < -0.3 is 47.4 Å². The quantitative estimate of drug-likeness (QED) is 0.243. The van der Waals surface area contributed by atoms with Gasteiger partial charge >= 0.3 is 23.9 Å². The fourth-order valence-corrected chi connectivity index (χ4v) is 7.19. The molecule has 17 nitrogen and oxygen atoms in total. The van der Waals surface area contributed by atoms with E-state index in [4.69, 9.17) is 47.4 Å². The fraction of sp³-hybridized carbons (Fsp3) is 0.846. The average molecular weight is 654 g/mol. The Hall–Kier alpha value is -2.45. The van der Waals surface area contributed by atoms with Gasteiger partial charge in [0, 0.05) is 27.7 Å². The van der Waals surface area contributed by atoms with Crippen LogP contribution in [-0.2, 0) is 76.6 Å². The highest BCUT2D eigenvalue weighted by Crippen LogP contribution is 2.41. The van der Waals surface area contributed by atoms with Crippen LogP contribution in [0.1, 0.15) is 55.4 Å². The molecule has 4 saturated heterocycles. The van der Waals surface area contributed by atoms with E-state index in [-0.39, 0.29) is 6.61 Å². The summed E-state index contributed by atoms with van der Waals surface area (Å²) in [6.45, 7) is 10.3. The molecule has 4 fully saturated rings. The van der Waals surface area contributed by atoms with Crippen molar-refractivity contribution >= 4 is 33.9 Å². The predicted molar refractivity (Wildman–Crippen MR) is 141 cm³/mol. The predicted octanol–water partition coefficient (Wildman–Crippen LogP) is -0.615. The number of rotatable bonds is 9. The van der Waals surface area contributed by atoms with Crippen LogP contribution in [0.2, 0.25) is 0 Å². The molecule has 10 atom stereocenters. The van der Waals surface area contributed by atoms with Gasteiger partial charge in [0.05, 0.1) is 12.6 Å². The van der Waals surface area contributed by atoms with E-state index in [1.54, 1.807) is 27.7 Å². The van der Waals surface area contributed by atoms with Gasteiger partial charge in [0.2, 0.25) is 15.5 Å². The number of fused-ring (bicyclic) bond motifs is 1. The number of nitrogens with one attached hydrogen (secondary N) is 1. The second-order valence-electron chi connectivity index (χ2n) is 11.7. The van der Waals surface area contributed by atoms with Crippen LogP contribution in [0, 0.1) is 0 Å². The number of hydrogen-bond donors (Lipinski definition) is 1. The van der Waals surface area contributed by atoms with E-state index in [1.165, 1.54) is 0 Å². The van der Waals surface area contributed by atoms with Crippen LogP contribution in [0.15, 0.2) is 0 Å². The summed E-state index contributed by atoms with van der Waals surface area (Å²) in [7, 11) is -4.75. The van der Waals surface area contributed by atoms with E-state index >= 15 is 0 Å². The third kappa shape index (κ3) is 7.85. The third-order valence-electron chi connectivity index (χ3n) is 7.04. The molecule has 4 heterocycles. The average Bonchev–Trinajstić information content (AvgIpc) is 3.48. The zero-order chi connectivity index (χ0) is 32.8. The molecule has 4 aliphatic heterocycles. The summed E-state index contributed by atoms with van der Waals surface area (Å²) in [6, 6.07) is -1.14. The zero-order valence-corrected chi connectivity index (χ0v) is 26.4. The molecule has 4 aliphatic rings. The SMILES string of the molecule is CC(=O)OC[C@H]1O[C@@H](S(=O)(=O)N[C@H]2[C@H]3OC(C)(C)O[C@H]3O[C@@H]2[C@H]2COC(C)(C)O2)[C@H](OC(C)=O)[C@@H](OC(C)=O)[C@@H]1OC(C)=O. The zero-order valence-electron chi connectivity index (χ0n) is 25.6. The smallest absolute Gasteiger partial charge is 0.303 e. The molecule has 250 valence electrons. The largest absolute Gasteiger partial charge is 0.463 e. The summed E-state index contributed by atoms with van der Waals surface area (Å²) in [5, 5.41) is 0. The molecule has 18 heteroatoms. The highest BCUT2D eigenvalue weighted by molar-refractivity contribution is 7.90. The molecule has 0 amide bonds. The molecular weight excluding hydrogens is 614 g/mol. The highest BCUT2D eigenvalue weighted by Gasteiger charge is 2.62. The minimum Gasteiger partial charge on any atom is -0.463 e. The standard InChI is InChI=1S/C26H39NO16S/c1-11(28)34-9-15-19(36-12(2)29)21(37-13(3)30)22(38-14(4)31)24(39-15)44(32,33)27-17-18(16-10-35-25(5,6)41-16)40-23-20(17)42-26(7,8)43-23/h15-24,27H,9-10H2,1-8H3/t15-,16-,17-,18-,19-,20-,21+,22-,23-,24+/m1/s1. The summed E-state index contributed by atoms with van der Waals surface area (Å²) in [6.07, 6.45) is -10.2. The van der Waals surface area contributed by atoms with E-state index in [9.17, 15) is 27.6 Å². The Morgan fingerprint density at radius 3 is 1.89 bits per heavy atom. The summed E-state index contributed by atoms with van der Waals surface area (Å²) in [4.78, 5) is 48.0. The summed E-state index contributed by atoms with van der Waals surface area (Å²) in [5.74, 6) is -5.57. The van der Waals surface area contributed by atoms with Crippen molar-refractivity contribution in [3.63, 3.8) is 0 Å². The Labute approximate surface area is 254 Å². The second kappa shape index (κ2) is 12.7. The molecule has 0 spiro atoms. The Bertz CT molecular complexity index is 1240. The maximum Gasteiger partial charge on any atom is 0.303 e. The Kier molecular flexibility index (Phi) is 9.97. The molecule has 0 saturated carbocycles. The minimum absolute atomic E-state index is 0.0672. The van der Waals surface area contributed by atoms with Crippen molar-refractivity contribution in [2.45, 2.75) is 127 Å². The molecule has 1 N–H and O–H groups in total. The van der Waals surface area contributed by atoms with Crippen LogP contribution in [0.5, 0.6) is 0 Å². The number of sulfonamides is 1. The first-order chi connectivity index (χ1) is 20.3. The minimum atomic E-state index is -4.75. The van der Waals surface area contributed by atoms with Gasteiger partial charge in [-0.3, -0.25) is 19.2 Å². The fourth-order valence-electron chi connectivity index (χ4n) is 5.56. The molecule has 0 aromatic carbocycles. The number of ether oxygens (including phenoxy) is 10. The van der Waals surface area contributed by atoms with Gasteiger partial charge in [0.25, 0.3) is 0 Å². The van der Waals surface area contributed by atoms with Gasteiger partial charge in [-0.2, -0.15) is 0 Å². The second-order valence-corrected chi connectivity index (χ2v) is 13.5. The summed E-state index contributed by atoms with van der Waals surface area (Å²) < 4.78 is 87.4. The molecule has 0 radical (unpaired) electrons. The van der Waals surface area contributed by atoms with Gasteiger partial charge in [0.15, 0.2) is 36.2 Å². The van der Waals surface area contributed by atoms with Crippen molar-refractivity contribution in [1.29, 1.82) is 0 Å². The third-order valence-corrected chi connectivity index (χ3v) is 8.63. The monoisotopic (exact) mass is 653 g/mol. The van der Waals surface area contributed by atoms with Crippen LogP contribution < -0.4 is 4.72 Å². The van der Waals surface area contributed by atoms with Crippen LogP contribution in [0.25, 0.3) is 0 Å². The lowest BCUT2D eigenvalue weighted by Gasteiger charge is -2.44. The molecule has 0 aliphatic carbocycles. The first-order valence-corrected chi connectivity index (χ1v) is 15.5. The molecular formula is C26H39NO16S. The number of hydrogen-bond acceptors (Lipinski definition) is 16. The lowest BCUT2D eigenvalue weighted by Crippen LogP contribution is -2.66. The van der Waals surface area contributed by atoms with Crippen LogP contribution in [0.4, 0.5) is 0 Å². The topological polar surface area (TPSA) is 207 Å². The van der Waals surface area contributed by atoms with Crippen LogP contribution in [-0.4, -0.2) is 118 Å². The summed E-state index contributed by atoms with van der Waals surface area (Å²) in [5.41, 5.74) is -2.07. The van der Waals surface area contributed by atoms with Crippen molar-refractivity contribution in [2.75, 3.05) is 13.2 Å². The van der Waals surface area contributed by atoms with E-state index in [0.29, 0.717) is 0 Å². The molecule has 0 unspecified atom stereocenters. The van der Waals surface area contributed by atoms with Gasteiger partial charge in [0.1, 0.15) is 31.0 Å². The van der Waals surface area contributed by atoms with Crippen molar-refractivity contribution < 1.29 is 75.0 Å². The van der Waals surface area contributed by atoms with Crippen molar-refractivity contribution in [2.24, 2.45) is 0 Å². The highest BCUT2D eigenvalue weighted by atomic mass is 32.2. The van der Waals surface area contributed by atoms with E-state index in [2.05, 4.69) is 4.72 Å². The molecule has 0 bridgehead atoms. The lowest BCUT2D eigenvalue weighted by atomic mass is 9.99. The maximum atomic E-state index is 14.2. The molecule has 0 aromatic heterocycles. The summed E-state index contributed by atoms with van der Waals surface area (Å²) >= 11 is 0. The Balaban J connectivity index is 1.72. The number of carbonyl (C=O) groups excluding carboxylic acids is 4.